The molecule has 1 aromatic heterocycles. The van der Waals surface area contributed by atoms with E-state index >= 15 is 0 Å². The van der Waals surface area contributed by atoms with Gasteiger partial charge in [0, 0.05) is 0 Å². The first kappa shape index (κ1) is 28.6. The maximum absolute atomic E-state index is 2.43. The number of fused-ring (bicyclic) bond motifs is 5. The summed E-state index contributed by atoms with van der Waals surface area (Å²) in [5.74, 6) is 0. The molecule has 8 aromatic carbocycles. The predicted octanol–water partition coefficient (Wildman–Crippen LogP) is 12.7. The van der Waals surface area contributed by atoms with Crippen LogP contribution in [0, 0.1) is 0 Å². The first-order valence-corrected chi connectivity index (χ1v) is 18.1. The molecule has 0 radical (unpaired) electrons. The van der Waals surface area contributed by atoms with Crippen LogP contribution in [-0.4, -0.2) is 14.5 Å². The van der Waals surface area contributed by atoms with Gasteiger partial charge in [-0.05, 0) is 0 Å². The van der Waals surface area contributed by atoms with Crippen LogP contribution in [0.15, 0.2) is 188 Å². The summed E-state index contributed by atoms with van der Waals surface area (Å²) in [5.41, 5.74) is 10.6. The molecule has 0 atom stereocenters. The Hall–Kier alpha value is -5.66. The Morgan fingerprint density at radius 3 is 1.50 bits per heavy atom. The molecule has 9 rings (SSSR count). The molecular weight excluding hydrogens is 645 g/mol. The average Bonchev–Trinajstić information content (AvgIpc) is 3.55. The second-order valence-corrected chi connectivity index (χ2v) is 14.4. The topological polar surface area (TPSA) is 3.24 Å². The SMILES string of the molecule is c1ccc(-c2ccc(N(c3cc(-c4ccccc4)cc(-c4ccccc4)c3)c3ccc4[se]c5c6ccccc6ccc5c4c3)cc2)cc1. The zero-order valence-electron chi connectivity index (χ0n) is 26.3. The number of benzene rings is 8. The van der Waals surface area contributed by atoms with E-state index in [1.54, 1.807) is 0 Å². The van der Waals surface area contributed by atoms with Crippen molar-refractivity contribution in [3.63, 3.8) is 0 Å². The van der Waals surface area contributed by atoms with Gasteiger partial charge < -0.3 is 0 Å². The fourth-order valence-corrected chi connectivity index (χ4v) is 9.40. The monoisotopic (exact) mass is 677 g/mol. The maximum atomic E-state index is 2.43. The molecule has 0 aliphatic heterocycles. The Labute approximate surface area is 286 Å². The van der Waals surface area contributed by atoms with E-state index in [1.165, 1.54) is 63.4 Å². The van der Waals surface area contributed by atoms with Crippen LogP contribution in [0.2, 0.25) is 0 Å². The Bertz CT molecular complexity index is 2480. The number of hydrogen-bond donors (Lipinski definition) is 0. The molecule has 0 amide bonds. The van der Waals surface area contributed by atoms with Gasteiger partial charge in [0.15, 0.2) is 0 Å². The summed E-state index contributed by atoms with van der Waals surface area (Å²) >= 11 is 0.264. The van der Waals surface area contributed by atoms with Crippen molar-refractivity contribution < 1.29 is 0 Å². The molecule has 1 heterocycles. The van der Waals surface area contributed by atoms with Crippen LogP contribution < -0.4 is 4.90 Å². The summed E-state index contributed by atoms with van der Waals surface area (Å²) in [6.07, 6.45) is 0. The Morgan fingerprint density at radius 1 is 0.312 bits per heavy atom. The Kier molecular flexibility index (Phi) is 7.24. The molecular formula is C46H31NSe. The number of rotatable bonds is 6. The van der Waals surface area contributed by atoms with Crippen molar-refractivity contribution in [3.8, 4) is 33.4 Å². The van der Waals surface area contributed by atoms with Crippen LogP contribution in [-0.2, 0) is 0 Å². The van der Waals surface area contributed by atoms with Gasteiger partial charge in [0.25, 0.3) is 0 Å². The third-order valence-electron chi connectivity index (χ3n) is 9.23. The fraction of sp³-hybridized carbons (Fsp3) is 0. The molecule has 0 saturated heterocycles. The van der Waals surface area contributed by atoms with Crippen LogP contribution in [0.5, 0.6) is 0 Å². The van der Waals surface area contributed by atoms with E-state index in [-0.39, 0.29) is 14.5 Å². The van der Waals surface area contributed by atoms with E-state index in [9.17, 15) is 0 Å². The molecule has 2 heteroatoms. The zero-order valence-corrected chi connectivity index (χ0v) is 28.0. The van der Waals surface area contributed by atoms with Crippen LogP contribution in [0.3, 0.4) is 0 Å². The van der Waals surface area contributed by atoms with Gasteiger partial charge in [0.1, 0.15) is 0 Å². The minimum atomic E-state index is 0.264. The van der Waals surface area contributed by atoms with Crippen LogP contribution in [0.1, 0.15) is 0 Å². The fourth-order valence-electron chi connectivity index (χ4n) is 6.85. The normalized spacial score (nSPS) is 11.3. The summed E-state index contributed by atoms with van der Waals surface area (Å²) in [6.45, 7) is 0. The zero-order chi connectivity index (χ0) is 31.9. The molecule has 0 aliphatic carbocycles. The second kappa shape index (κ2) is 12.2. The number of nitrogens with zero attached hydrogens (tertiary/aromatic N) is 1. The van der Waals surface area contributed by atoms with Gasteiger partial charge in [0.2, 0.25) is 0 Å². The molecule has 0 bridgehead atoms. The standard InChI is InChI=1S/C46H31NSe/c1-4-12-32(13-5-1)35-20-23-39(24-21-35)47(40-25-27-45-44(31-40)43-26-22-36-18-10-11-19-42(36)46(43)48-45)41-29-37(33-14-6-2-7-15-33)28-38(30-41)34-16-8-3-9-17-34/h1-31H. The summed E-state index contributed by atoms with van der Waals surface area (Å²) in [7, 11) is 0. The van der Waals surface area contributed by atoms with Crippen molar-refractivity contribution >= 4 is 61.6 Å². The van der Waals surface area contributed by atoms with Gasteiger partial charge in [-0.2, -0.15) is 0 Å². The van der Waals surface area contributed by atoms with E-state index in [4.69, 9.17) is 0 Å². The van der Waals surface area contributed by atoms with Gasteiger partial charge in [-0.3, -0.25) is 0 Å². The summed E-state index contributed by atoms with van der Waals surface area (Å²) in [6, 6.07) is 68.6. The van der Waals surface area contributed by atoms with E-state index in [0.717, 1.165) is 17.1 Å². The Morgan fingerprint density at radius 2 is 0.854 bits per heavy atom. The molecule has 0 unspecified atom stereocenters. The molecule has 9 aromatic rings. The van der Waals surface area contributed by atoms with E-state index in [1.807, 2.05) is 0 Å². The first-order chi connectivity index (χ1) is 23.8. The van der Waals surface area contributed by atoms with Crippen molar-refractivity contribution in [1.82, 2.24) is 0 Å². The third kappa shape index (κ3) is 5.22. The van der Waals surface area contributed by atoms with Gasteiger partial charge in [0.05, 0.1) is 0 Å². The van der Waals surface area contributed by atoms with Gasteiger partial charge >= 0.3 is 282 Å². The molecule has 226 valence electrons. The summed E-state index contributed by atoms with van der Waals surface area (Å²) < 4.78 is 2.93. The van der Waals surface area contributed by atoms with Crippen molar-refractivity contribution in [1.29, 1.82) is 0 Å². The number of hydrogen-bond acceptors (Lipinski definition) is 1. The summed E-state index contributed by atoms with van der Waals surface area (Å²) in [4.78, 5) is 2.43. The molecule has 48 heavy (non-hydrogen) atoms. The Balaban J connectivity index is 1.27. The average molecular weight is 677 g/mol. The number of anilines is 3. The third-order valence-corrected chi connectivity index (χ3v) is 11.8. The van der Waals surface area contributed by atoms with Crippen LogP contribution in [0.25, 0.3) is 63.4 Å². The molecule has 0 fully saturated rings. The molecule has 0 spiro atoms. The van der Waals surface area contributed by atoms with E-state index in [2.05, 4.69) is 193 Å². The van der Waals surface area contributed by atoms with E-state index < -0.39 is 0 Å². The summed E-state index contributed by atoms with van der Waals surface area (Å²) in [5, 5.41) is 5.41. The quantitative estimate of drug-likeness (QED) is 0.159. The molecule has 0 saturated carbocycles. The van der Waals surface area contributed by atoms with Crippen molar-refractivity contribution in [2.75, 3.05) is 4.90 Å². The minimum absolute atomic E-state index is 0.264. The van der Waals surface area contributed by atoms with Crippen LogP contribution >= 0.6 is 0 Å². The van der Waals surface area contributed by atoms with Crippen molar-refractivity contribution in [3.05, 3.63) is 188 Å². The van der Waals surface area contributed by atoms with Crippen molar-refractivity contribution in [2.45, 2.75) is 0 Å². The molecule has 0 N–H and O–H groups in total. The first-order valence-electron chi connectivity index (χ1n) is 16.3. The predicted molar refractivity (Wildman–Crippen MR) is 207 cm³/mol. The van der Waals surface area contributed by atoms with Crippen molar-refractivity contribution in [2.24, 2.45) is 0 Å². The van der Waals surface area contributed by atoms with E-state index in [0.29, 0.717) is 0 Å². The second-order valence-electron chi connectivity index (χ2n) is 12.2. The molecule has 0 aliphatic rings. The molecule has 1 nitrogen and oxygen atoms in total. The van der Waals surface area contributed by atoms with Gasteiger partial charge in [-0.25, -0.2) is 0 Å². The van der Waals surface area contributed by atoms with Gasteiger partial charge in [-0.15, -0.1) is 0 Å². The van der Waals surface area contributed by atoms with Gasteiger partial charge in [-0.1, -0.05) is 6.07 Å². The van der Waals surface area contributed by atoms with Crippen LogP contribution in [0.4, 0.5) is 17.1 Å².